The predicted molar refractivity (Wildman–Crippen MR) is 99.5 cm³/mol. The Morgan fingerprint density at radius 1 is 1.46 bits per heavy atom. The summed E-state index contributed by atoms with van der Waals surface area (Å²) in [6, 6.07) is 0. The maximum absolute atomic E-state index is 11.5. The molecule has 1 aromatic heterocycles. The van der Waals surface area contributed by atoms with E-state index in [-0.39, 0.29) is 5.91 Å². The predicted octanol–water partition coefficient (Wildman–Crippen LogP) is 1.67. The maximum atomic E-state index is 11.5. The van der Waals surface area contributed by atoms with Crippen molar-refractivity contribution in [1.82, 2.24) is 20.5 Å². The molecule has 0 saturated carbocycles. The minimum absolute atomic E-state index is 0.144. The fourth-order valence-corrected chi connectivity index (χ4v) is 3.82. The van der Waals surface area contributed by atoms with E-state index >= 15 is 0 Å². The molecule has 2 N–H and O–H groups in total. The Morgan fingerprint density at radius 3 is 2.79 bits per heavy atom. The van der Waals surface area contributed by atoms with Crippen LogP contribution < -0.4 is 10.6 Å². The number of piperidine rings is 1. The summed E-state index contributed by atoms with van der Waals surface area (Å²) in [6.07, 6.45) is 6.68. The highest BCUT2D eigenvalue weighted by atomic mass is 32.1. The van der Waals surface area contributed by atoms with Crippen LogP contribution in [0.3, 0.4) is 0 Å². The van der Waals surface area contributed by atoms with Crippen LogP contribution in [0.4, 0.5) is 0 Å². The van der Waals surface area contributed by atoms with E-state index in [0.717, 1.165) is 51.3 Å². The van der Waals surface area contributed by atoms with Gasteiger partial charge in [0.1, 0.15) is 0 Å². The summed E-state index contributed by atoms with van der Waals surface area (Å²) < 4.78 is 0. The maximum Gasteiger partial charge on any atom is 0.220 e. The first-order valence-corrected chi connectivity index (χ1v) is 9.57. The molecule has 0 spiro atoms. The second kappa shape index (κ2) is 9.61. The topological polar surface area (TPSA) is 69.6 Å². The lowest BCUT2D eigenvalue weighted by atomic mass is 9.93. The zero-order chi connectivity index (χ0) is 17.4. The summed E-state index contributed by atoms with van der Waals surface area (Å²) in [5.74, 6) is 1.59. The molecule has 1 aliphatic heterocycles. The molecular formula is C17H29N5OS. The van der Waals surface area contributed by atoms with Crippen molar-refractivity contribution in [1.29, 1.82) is 0 Å². The molecule has 1 fully saturated rings. The average Bonchev–Trinajstić information content (AvgIpc) is 3.07. The van der Waals surface area contributed by atoms with E-state index in [2.05, 4.69) is 32.4 Å². The minimum atomic E-state index is 0.144. The van der Waals surface area contributed by atoms with Crippen molar-refractivity contribution in [2.75, 3.05) is 33.7 Å². The Hall–Kier alpha value is -1.63. The first-order valence-electron chi connectivity index (χ1n) is 8.76. The molecule has 0 aliphatic carbocycles. The van der Waals surface area contributed by atoms with E-state index in [1.807, 2.05) is 13.2 Å². The smallest absolute Gasteiger partial charge is 0.220 e. The van der Waals surface area contributed by atoms with Crippen molar-refractivity contribution in [2.24, 2.45) is 10.9 Å². The first-order chi connectivity index (χ1) is 11.7. The molecule has 7 heteroatoms. The van der Waals surface area contributed by atoms with Crippen molar-refractivity contribution >= 4 is 23.2 Å². The molecular weight excluding hydrogens is 322 g/mol. The normalized spacial score (nSPS) is 16.3. The van der Waals surface area contributed by atoms with Crippen LogP contribution in [0, 0.1) is 5.92 Å². The van der Waals surface area contributed by atoms with Crippen LogP contribution in [0.2, 0.25) is 0 Å². The molecule has 0 atom stereocenters. The fraction of sp³-hybridized carbons (Fsp3) is 0.706. The number of likely N-dealkylation sites (tertiary alicyclic amines) is 1. The van der Waals surface area contributed by atoms with Crippen LogP contribution >= 0.6 is 11.3 Å². The standard InChI is InChI=1S/C17H29N5OS/c1-4-14-12-21-16(24-14)5-8-20-17(19-3)22-9-6-13(7-10-22)11-15(23)18-2/h12-13H,4-11H2,1-3H3,(H,18,23)(H,19,20). The number of aromatic nitrogens is 1. The number of carbonyl (C=O) groups excluding carboxylic acids is 1. The third-order valence-corrected chi connectivity index (χ3v) is 5.65. The van der Waals surface area contributed by atoms with Gasteiger partial charge in [-0.25, -0.2) is 4.98 Å². The zero-order valence-electron chi connectivity index (χ0n) is 15.0. The van der Waals surface area contributed by atoms with Gasteiger partial charge in [0.05, 0.1) is 5.01 Å². The van der Waals surface area contributed by atoms with Gasteiger partial charge < -0.3 is 15.5 Å². The van der Waals surface area contributed by atoms with Crippen LogP contribution in [0.15, 0.2) is 11.2 Å². The molecule has 2 rings (SSSR count). The van der Waals surface area contributed by atoms with Crippen LogP contribution in [-0.4, -0.2) is 55.5 Å². The number of guanidine groups is 1. The number of hydrogen-bond donors (Lipinski definition) is 2. The van der Waals surface area contributed by atoms with E-state index in [4.69, 9.17) is 0 Å². The second-order valence-corrected chi connectivity index (χ2v) is 7.31. The van der Waals surface area contributed by atoms with Gasteiger partial charge in [0.25, 0.3) is 0 Å². The monoisotopic (exact) mass is 351 g/mol. The zero-order valence-corrected chi connectivity index (χ0v) is 15.8. The molecule has 1 saturated heterocycles. The van der Waals surface area contributed by atoms with Gasteiger partial charge in [-0.2, -0.15) is 0 Å². The van der Waals surface area contributed by atoms with Gasteiger partial charge in [-0.15, -0.1) is 11.3 Å². The summed E-state index contributed by atoms with van der Waals surface area (Å²) >= 11 is 1.79. The molecule has 6 nitrogen and oxygen atoms in total. The minimum Gasteiger partial charge on any atom is -0.359 e. The number of carbonyl (C=O) groups is 1. The van der Waals surface area contributed by atoms with Crippen LogP contribution in [-0.2, 0) is 17.6 Å². The van der Waals surface area contributed by atoms with E-state index in [9.17, 15) is 4.79 Å². The molecule has 0 aromatic carbocycles. The van der Waals surface area contributed by atoms with E-state index in [0.29, 0.717) is 12.3 Å². The number of thiazole rings is 1. The SMILES string of the molecule is CCc1cnc(CCNC(=NC)N2CCC(CC(=O)NC)CC2)s1. The second-order valence-electron chi connectivity index (χ2n) is 6.11. The number of nitrogens with one attached hydrogen (secondary N) is 2. The van der Waals surface area contributed by atoms with Crippen molar-refractivity contribution in [2.45, 2.75) is 39.0 Å². The molecule has 1 amide bonds. The number of nitrogens with zero attached hydrogens (tertiary/aromatic N) is 3. The summed E-state index contributed by atoms with van der Waals surface area (Å²) in [5, 5.41) is 7.34. The largest absolute Gasteiger partial charge is 0.359 e. The van der Waals surface area contributed by atoms with Crippen LogP contribution in [0.1, 0.15) is 36.1 Å². The van der Waals surface area contributed by atoms with Gasteiger partial charge in [-0.1, -0.05) is 6.92 Å². The Bertz CT molecular complexity index is 549. The summed E-state index contributed by atoms with van der Waals surface area (Å²) in [5.41, 5.74) is 0. The van der Waals surface area contributed by atoms with E-state index < -0.39 is 0 Å². The highest BCUT2D eigenvalue weighted by molar-refractivity contribution is 7.11. The van der Waals surface area contributed by atoms with Crippen LogP contribution in [0.5, 0.6) is 0 Å². The Morgan fingerprint density at radius 2 is 2.21 bits per heavy atom. The highest BCUT2D eigenvalue weighted by Crippen LogP contribution is 2.20. The highest BCUT2D eigenvalue weighted by Gasteiger charge is 2.22. The van der Waals surface area contributed by atoms with Gasteiger partial charge in [0.2, 0.25) is 5.91 Å². The van der Waals surface area contributed by atoms with Crippen LogP contribution in [0.25, 0.3) is 0 Å². The summed E-state index contributed by atoms with van der Waals surface area (Å²) in [4.78, 5) is 24.0. The van der Waals surface area contributed by atoms with Crippen molar-refractivity contribution in [3.05, 3.63) is 16.1 Å². The Kier molecular flexibility index (Phi) is 7.49. The number of aryl methyl sites for hydroxylation is 1. The first kappa shape index (κ1) is 18.7. The van der Waals surface area contributed by atoms with Crippen molar-refractivity contribution in [3.63, 3.8) is 0 Å². The molecule has 0 bridgehead atoms. The lowest BCUT2D eigenvalue weighted by molar-refractivity contribution is -0.121. The van der Waals surface area contributed by atoms with Gasteiger partial charge in [-0.3, -0.25) is 9.79 Å². The third-order valence-electron chi connectivity index (χ3n) is 4.45. The molecule has 0 radical (unpaired) electrons. The van der Waals surface area contributed by atoms with Gasteiger partial charge in [0.15, 0.2) is 5.96 Å². The molecule has 1 aromatic rings. The lowest BCUT2D eigenvalue weighted by Crippen LogP contribution is -2.46. The molecule has 0 unspecified atom stereocenters. The molecule has 1 aliphatic rings. The number of hydrogen-bond acceptors (Lipinski definition) is 4. The quantitative estimate of drug-likeness (QED) is 0.604. The van der Waals surface area contributed by atoms with Crippen molar-refractivity contribution < 1.29 is 4.79 Å². The fourth-order valence-electron chi connectivity index (χ4n) is 2.95. The van der Waals surface area contributed by atoms with Gasteiger partial charge in [-0.05, 0) is 25.2 Å². The number of rotatable bonds is 6. The third kappa shape index (κ3) is 5.47. The lowest BCUT2D eigenvalue weighted by Gasteiger charge is -2.34. The van der Waals surface area contributed by atoms with Gasteiger partial charge >= 0.3 is 0 Å². The average molecular weight is 352 g/mol. The summed E-state index contributed by atoms with van der Waals surface area (Å²) in [7, 11) is 3.53. The Labute approximate surface area is 148 Å². The molecule has 24 heavy (non-hydrogen) atoms. The number of amides is 1. The number of aliphatic imine (C=N–C) groups is 1. The Balaban J connectivity index is 1.73. The van der Waals surface area contributed by atoms with Crippen molar-refractivity contribution in [3.8, 4) is 0 Å². The van der Waals surface area contributed by atoms with E-state index in [1.165, 1.54) is 9.88 Å². The van der Waals surface area contributed by atoms with Gasteiger partial charge in [0, 0.05) is 57.6 Å². The molecule has 134 valence electrons. The van der Waals surface area contributed by atoms with E-state index in [1.54, 1.807) is 18.4 Å². The summed E-state index contributed by atoms with van der Waals surface area (Å²) in [6.45, 7) is 4.92. The molecule has 2 heterocycles.